The molecule has 2 aromatic rings. The lowest BCUT2D eigenvalue weighted by atomic mass is 10.3. The summed E-state index contributed by atoms with van der Waals surface area (Å²) in [4.78, 5) is 14.0. The number of nitrogens with zero attached hydrogens (tertiary/aromatic N) is 1. The van der Waals surface area contributed by atoms with E-state index < -0.39 is 26.8 Å². The van der Waals surface area contributed by atoms with Crippen molar-refractivity contribution in [1.29, 1.82) is 0 Å². The van der Waals surface area contributed by atoms with E-state index in [9.17, 15) is 17.6 Å². The van der Waals surface area contributed by atoms with Gasteiger partial charge in [0, 0.05) is 13.7 Å². The molecule has 0 aliphatic carbocycles. The Balaban J connectivity index is 2.22. The van der Waals surface area contributed by atoms with Gasteiger partial charge >= 0.3 is 0 Å². The molecule has 8 heteroatoms. The van der Waals surface area contributed by atoms with E-state index in [-0.39, 0.29) is 24.6 Å². The van der Waals surface area contributed by atoms with Crippen LogP contribution in [0.15, 0.2) is 52.0 Å². The Bertz CT molecular complexity index is 787. The third-order valence-corrected chi connectivity index (χ3v) is 5.82. The van der Waals surface area contributed by atoms with Crippen molar-refractivity contribution in [2.24, 2.45) is 0 Å². The van der Waals surface area contributed by atoms with Crippen LogP contribution >= 0.6 is 0 Å². The molecule has 1 heterocycles. The molecule has 1 unspecified atom stereocenters. The molecule has 25 heavy (non-hydrogen) atoms. The van der Waals surface area contributed by atoms with Gasteiger partial charge in [-0.15, -0.1) is 0 Å². The summed E-state index contributed by atoms with van der Waals surface area (Å²) in [6.45, 7) is 1.94. The Labute approximate surface area is 146 Å². The summed E-state index contributed by atoms with van der Waals surface area (Å²) in [7, 11) is -2.44. The van der Waals surface area contributed by atoms with Gasteiger partial charge in [-0.1, -0.05) is 0 Å². The fraction of sp³-hybridized carbons (Fsp3) is 0.353. The highest BCUT2D eigenvalue weighted by Gasteiger charge is 2.33. The number of halogens is 1. The van der Waals surface area contributed by atoms with Crippen molar-refractivity contribution in [3.05, 3.63) is 54.2 Å². The monoisotopic (exact) mass is 369 g/mol. The first-order chi connectivity index (χ1) is 11.9. The van der Waals surface area contributed by atoms with Crippen molar-refractivity contribution in [2.75, 3.05) is 20.3 Å². The number of hydrogen-bond donors (Lipinski definition) is 0. The minimum atomic E-state index is -3.93. The van der Waals surface area contributed by atoms with Crippen LogP contribution in [0.3, 0.4) is 0 Å². The fourth-order valence-corrected chi connectivity index (χ4v) is 3.62. The van der Waals surface area contributed by atoms with E-state index in [1.165, 1.54) is 25.2 Å². The van der Waals surface area contributed by atoms with Gasteiger partial charge in [0.1, 0.15) is 16.8 Å². The predicted molar refractivity (Wildman–Crippen MR) is 89.0 cm³/mol. The number of rotatable bonds is 8. The van der Waals surface area contributed by atoms with E-state index >= 15 is 0 Å². The summed E-state index contributed by atoms with van der Waals surface area (Å²) in [5, 5.41) is -1.32. The molecule has 6 nitrogen and oxygen atoms in total. The summed E-state index contributed by atoms with van der Waals surface area (Å²) >= 11 is 0. The molecular formula is C17H20FNO5S. The number of hydrogen-bond acceptors (Lipinski definition) is 5. The minimum Gasteiger partial charge on any atom is -0.467 e. The van der Waals surface area contributed by atoms with Gasteiger partial charge in [0.15, 0.2) is 9.84 Å². The van der Waals surface area contributed by atoms with E-state index in [0.29, 0.717) is 5.76 Å². The summed E-state index contributed by atoms with van der Waals surface area (Å²) < 4.78 is 48.5. The van der Waals surface area contributed by atoms with Crippen molar-refractivity contribution in [1.82, 2.24) is 4.90 Å². The van der Waals surface area contributed by atoms with Crippen LogP contribution < -0.4 is 0 Å². The van der Waals surface area contributed by atoms with E-state index in [0.717, 1.165) is 24.3 Å². The molecule has 0 fully saturated rings. The molecule has 0 saturated carbocycles. The molecule has 1 atom stereocenters. The number of ether oxygens (including phenoxy) is 1. The second-order valence-corrected chi connectivity index (χ2v) is 7.74. The average molecular weight is 369 g/mol. The second kappa shape index (κ2) is 8.26. The van der Waals surface area contributed by atoms with Crippen LogP contribution in [0.25, 0.3) is 0 Å². The molecule has 136 valence electrons. The third kappa shape index (κ3) is 4.67. The lowest BCUT2D eigenvalue weighted by Crippen LogP contribution is -2.42. The van der Waals surface area contributed by atoms with Crippen LogP contribution in [0, 0.1) is 5.82 Å². The van der Waals surface area contributed by atoms with Gasteiger partial charge in [-0.2, -0.15) is 0 Å². The van der Waals surface area contributed by atoms with Crippen LogP contribution in [0.2, 0.25) is 0 Å². The largest absolute Gasteiger partial charge is 0.467 e. The maximum absolute atomic E-state index is 13.0. The zero-order valence-corrected chi connectivity index (χ0v) is 14.8. The standard InChI is InChI=1S/C17H20FNO5S/c1-13(25(21,22)16-7-5-14(18)6-8-16)17(20)19(9-11-23-2)12-15-4-3-10-24-15/h3-8,10,13H,9,11-12H2,1-2H3. The number of carbonyl (C=O) groups excluding carboxylic acids is 1. The molecule has 1 aromatic carbocycles. The van der Waals surface area contributed by atoms with Crippen LogP contribution in [0.1, 0.15) is 12.7 Å². The van der Waals surface area contributed by atoms with E-state index in [1.54, 1.807) is 12.1 Å². The molecule has 0 saturated heterocycles. The molecule has 0 aliphatic rings. The summed E-state index contributed by atoms with van der Waals surface area (Å²) in [5.41, 5.74) is 0. The normalized spacial score (nSPS) is 12.8. The molecule has 0 spiro atoms. The zero-order chi connectivity index (χ0) is 18.4. The van der Waals surface area contributed by atoms with Gasteiger partial charge in [0.05, 0.1) is 24.3 Å². The molecule has 1 amide bonds. The lowest BCUT2D eigenvalue weighted by Gasteiger charge is -2.24. The molecular weight excluding hydrogens is 349 g/mol. The number of amides is 1. The molecule has 0 aliphatic heterocycles. The summed E-state index contributed by atoms with van der Waals surface area (Å²) in [5.74, 6) is -0.578. The van der Waals surface area contributed by atoms with Gasteiger partial charge in [-0.05, 0) is 43.3 Å². The molecule has 1 aromatic heterocycles. The first-order valence-corrected chi connectivity index (χ1v) is 9.20. The molecule has 0 bridgehead atoms. The summed E-state index contributed by atoms with van der Waals surface area (Å²) in [6, 6.07) is 7.80. The number of methoxy groups -OCH3 is 1. The Morgan fingerprint density at radius 3 is 2.52 bits per heavy atom. The van der Waals surface area contributed by atoms with Gasteiger partial charge in [0.2, 0.25) is 5.91 Å². The first-order valence-electron chi connectivity index (χ1n) is 7.66. The molecule has 2 rings (SSSR count). The lowest BCUT2D eigenvalue weighted by molar-refractivity contribution is -0.132. The SMILES string of the molecule is COCCN(Cc1ccco1)C(=O)C(C)S(=O)(=O)c1ccc(F)cc1. The van der Waals surface area contributed by atoms with Crippen molar-refractivity contribution >= 4 is 15.7 Å². The Morgan fingerprint density at radius 2 is 1.96 bits per heavy atom. The second-order valence-electron chi connectivity index (χ2n) is 5.47. The van der Waals surface area contributed by atoms with Gasteiger partial charge in [-0.3, -0.25) is 4.79 Å². The van der Waals surface area contributed by atoms with Crippen LogP contribution in [-0.4, -0.2) is 44.7 Å². The average Bonchev–Trinajstić information content (AvgIpc) is 3.10. The van der Waals surface area contributed by atoms with Crippen molar-refractivity contribution in [3.8, 4) is 0 Å². The third-order valence-electron chi connectivity index (χ3n) is 3.76. The number of furan rings is 1. The Morgan fingerprint density at radius 1 is 1.28 bits per heavy atom. The van der Waals surface area contributed by atoms with Gasteiger partial charge in [0.25, 0.3) is 0 Å². The van der Waals surface area contributed by atoms with Crippen molar-refractivity contribution in [2.45, 2.75) is 23.6 Å². The van der Waals surface area contributed by atoms with Gasteiger partial charge in [-0.25, -0.2) is 12.8 Å². The van der Waals surface area contributed by atoms with Crippen LogP contribution in [-0.2, 0) is 25.9 Å². The Kier molecular flexibility index (Phi) is 6.33. The maximum atomic E-state index is 13.0. The molecule has 0 N–H and O–H groups in total. The highest BCUT2D eigenvalue weighted by molar-refractivity contribution is 7.92. The van der Waals surface area contributed by atoms with Crippen molar-refractivity contribution < 1.29 is 26.8 Å². The van der Waals surface area contributed by atoms with Crippen LogP contribution in [0.5, 0.6) is 0 Å². The first kappa shape index (κ1) is 19.1. The molecule has 0 radical (unpaired) electrons. The Hall–Kier alpha value is -2.19. The highest BCUT2D eigenvalue weighted by Crippen LogP contribution is 2.19. The number of sulfone groups is 1. The number of carbonyl (C=O) groups is 1. The van der Waals surface area contributed by atoms with Crippen molar-refractivity contribution in [3.63, 3.8) is 0 Å². The maximum Gasteiger partial charge on any atom is 0.241 e. The quantitative estimate of drug-likeness (QED) is 0.667. The highest BCUT2D eigenvalue weighted by atomic mass is 32.2. The van der Waals surface area contributed by atoms with E-state index in [2.05, 4.69) is 0 Å². The number of benzene rings is 1. The van der Waals surface area contributed by atoms with E-state index in [1.807, 2.05) is 0 Å². The smallest absolute Gasteiger partial charge is 0.241 e. The van der Waals surface area contributed by atoms with Gasteiger partial charge < -0.3 is 14.1 Å². The predicted octanol–water partition coefficient (Wildman–Crippen LogP) is 2.26. The minimum absolute atomic E-state index is 0.0977. The van der Waals surface area contributed by atoms with Crippen LogP contribution in [0.4, 0.5) is 4.39 Å². The summed E-state index contributed by atoms with van der Waals surface area (Å²) in [6.07, 6.45) is 1.48. The van der Waals surface area contributed by atoms with E-state index in [4.69, 9.17) is 9.15 Å². The zero-order valence-electron chi connectivity index (χ0n) is 14.0. The topological polar surface area (TPSA) is 76.8 Å². The fourth-order valence-electron chi connectivity index (χ4n) is 2.28.